The van der Waals surface area contributed by atoms with Crippen molar-refractivity contribution in [3.05, 3.63) is 29.3 Å². The highest BCUT2D eigenvalue weighted by Crippen LogP contribution is 2.31. The summed E-state index contributed by atoms with van der Waals surface area (Å²) in [5.74, 6) is 0.400. The molecule has 0 radical (unpaired) electrons. The van der Waals surface area contributed by atoms with Crippen LogP contribution >= 0.6 is 11.3 Å². The van der Waals surface area contributed by atoms with Crippen molar-refractivity contribution in [1.29, 1.82) is 0 Å². The molecule has 0 saturated carbocycles. The minimum atomic E-state index is -0.283. The maximum absolute atomic E-state index is 12.5. The van der Waals surface area contributed by atoms with Crippen LogP contribution in [0.3, 0.4) is 0 Å². The number of hydrogen-bond donors (Lipinski definition) is 2. The molecule has 7 heteroatoms. The van der Waals surface area contributed by atoms with Crippen molar-refractivity contribution in [2.24, 2.45) is 0 Å². The molecule has 0 atom stereocenters. The minimum absolute atomic E-state index is 0.0255. The van der Waals surface area contributed by atoms with Crippen LogP contribution < -0.4 is 10.2 Å². The molecule has 1 aromatic heterocycles. The van der Waals surface area contributed by atoms with Crippen molar-refractivity contribution in [3.63, 3.8) is 0 Å². The number of hydrogen-bond acceptors (Lipinski definition) is 4. The third-order valence-electron chi connectivity index (χ3n) is 5.07. The highest BCUT2D eigenvalue weighted by Gasteiger charge is 2.28. The van der Waals surface area contributed by atoms with Crippen molar-refractivity contribution in [3.8, 4) is 0 Å². The number of carbonyl (C=O) groups excluding carboxylic acids is 2. The molecule has 1 aliphatic heterocycles. The third-order valence-corrected chi connectivity index (χ3v) is 6.27. The first-order valence-corrected chi connectivity index (χ1v) is 10.8. The number of nitrogens with zero attached hydrogens (tertiary/aromatic N) is 2. The lowest BCUT2D eigenvalue weighted by Gasteiger charge is -2.29. The van der Waals surface area contributed by atoms with Gasteiger partial charge in [-0.2, -0.15) is 0 Å². The molecule has 1 fully saturated rings. The number of fused-ring (bicyclic) bond motifs is 1. The second-order valence-electron chi connectivity index (χ2n) is 8.77. The van der Waals surface area contributed by atoms with Crippen LogP contribution in [0, 0.1) is 0 Å². The summed E-state index contributed by atoms with van der Waals surface area (Å²) in [5.41, 5.74) is 0.803. The van der Waals surface area contributed by atoms with Crippen molar-refractivity contribution in [2.45, 2.75) is 45.1 Å². The number of likely N-dealkylation sites (N-methyl/N-ethyl adjacent to an activating group) is 1. The fourth-order valence-corrected chi connectivity index (χ4v) is 4.76. The van der Waals surface area contributed by atoms with E-state index in [1.165, 1.54) is 19.5 Å². The van der Waals surface area contributed by atoms with Crippen molar-refractivity contribution in [2.75, 3.05) is 33.2 Å². The number of likely N-dealkylation sites (tertiary alicyclic amines) is 1. The molecule has 1 aliphatic rings. The van der Waals surface area contributed by atoms with E-state index in [0.717, 1.165) is 31.4 Å². The first-order valence-electron chi connectivity index (χ1n) is 9.95. The zero-order valence-corrected chi connectivity index (χ0v) is 18.1. The predicted octanol–water partition coefficient (Wildman–Crippen LogP) is 1.43. The van der Waals surface area contributed by atoms with Crippen LogP contribution in [0.5, 0.6) is 0 Å². The summed E-state index contributed by atoms with van der Waals surface area (Å²) < 4.78 is 1.25. The van der Waals surface area contributed by atoms with Gasteiger partial charge in [0.15, 0.2) is 6.54 Å². The van der Waals surface area contributed by atoms with Gasteiger partial charge in [0.25, 0.3) is 5.91 Å². The van der Waals surface area contributed by atoms with Crippen LogP contribution in [0.2, 0.25) is 0 Å². The Morgan fingerprint density at radius 3 is 2.57 bits per heavy atom. The molecule has 2 aromatic rings. The second-order valence-corrected chi connectivity index (χ2v) is 9.83. The number of nitrogens with one attached hydrogen (secondary N) is 2. The van der Waals surface area contributed by atoms with Crippen LogP contribution in [0.4, 0.5) is 0 Å². The smallest absolute Gasteiger partial charge is 0.277 e. The Bertz CT molecular complexity index is 801. The number of benzene rings is 1. The van der Waals surface area contributed by atoms with Crippen molar-refractivity contribution >= 4 is 33.4 Å². The maximum Gasteiger partial charge on any atom is 0.277 e. The van der Waals surface area contributed by atoms with Crippen LogP contribution in [-0.2, 0) is 9.59 Å². The number of quaternary nitrogens is 1. The van der Waals surface area contributed by atoms with Gasteiger partial charge in [0, 0.05) is 31.3 Å². The Morgan fingerprint density at radius 1 is 1.25 bits per heavy atom. The van der Waals surface area contributed by atoms with Gasteiger partial charge >= 0.3 is 0 Å². The summed E-state index contributed by atoms with van der Waals surface area (Å²) in [5, 5.41) is 4.12. The normalized spacial score (nSPS) is 20.1. The molecule has 1 aromatic carbocycles. The Hall–Kier alpha value is -1.99. The lowest BCUT2D eigenvalue weighted by atomic mass is 9.97. The summed E-state index contributed by atoms with van der Waals surface area (Å²) in [4.78, 5) is 32.2. The molecule has 2 heterocycles. The molecule has 3 rings (SSSR count). The summed E-state index contributed by atoms with van der Waals surface area (Å²) in [6.07, 6.45) is 2.10. The van der Waals surface area contributed by atoms with Crippen molar-refractivity contribution < 1.29 is 14.5 Å². The monoisotopic (exact) mass is 403 g/mol. The maximum atomic E-state index is 12.5. The average Bonchev–Trinajstić information content (AvgIpc) is 3.04. The lowest BCUT2D eigenvalue weighted by Crippen LogP contribution is -3.14. The number of thiazole rings is 1. The fraction of sp³-hybridized carbons (Fsp3) is 0.571. The van der Waals surface area contributed by atoms with Gasteiger partial charge in [-0.15, -0.1) is 11.3 Å². The van der Waals surface area contributed by atoms with Gasteiger partial charge in [-0.1, -0.05) is 12.1 Å². The van der Waals surface area contributed by atoms with E-state index in [9.17, 15) is 9.59 Å². The topological polar surface area (TPSA) is 66.7 Å². The van der Waals surface area contributed by atoms with E-state index in [1.807, 2.05) is 26.8 Å². The quantitative estimate of drug-likeness (QED) is 0.794. The van der Waals surface area contributed by atoms with Crippen LogP contribution in [0.25, 0.3) is 10.2 Å². The lowest BCUT2D eigenvalue weighted by molar-refractivity contribution is -0.897. The van der Waals surface area contributed by atoms with Gasteiger partial charge in [0.1, 0.15) is 0 Å². The highest BCUT2D eigenvalue weighted by molar-refractivity contribution is 7.18. The van der Waals surface area contributed by atoms with Gasteiger partial charge in [0.2, 0.25) is 5.91 Å². The number of para-hydroxylation sites is 1. The molecule has 0 unspecified atom stereocenters. The molecule has 6 nitrogen and oxygen atoms in total. The molecule has 152 valence electrons. The Kier molecular flexibility index (Phi) is 6.35. The van der Waals surface area contributed by atoms with Gasteiger partial charge in [-0.3, -0.25) is 9.59 Å². The zero-order valence-electron chi connectivity index (χ0n) is 17.2. The molecule has 1 saturated heterocycles. The molecule has 0 bridgehead atoms. The molecular formula is C21H31N4O2S+. The van der Waals surface area contributed by atoms with E-state index in [4.69, 9.17) is 4.98 Å². The van der Waals surface area contributed by atoms with Gasteiger partial charge in [-0.05, 0) is 32.9 Å². The standard InChI is InChI=1S/C21H30N4O2S/c1-21(2,3)23-18(26)13-24(4)19(27)14-25-11-9-15(10-12-25)20-22-16-7-5-6-8-17(16)28-20/h5-8,15H,9-14H2,1-4H3,(H,23,26)/p+1. The molecular weight excluding hydrogens is 372 g/mol. The van der Waals surface area contributed by atoms with Crippen molar-refractivity contribution in [1.82, 2.24) is 15.2 Å². The average molecular weight is 404 g/mol. The Labute approximate surface area is 170 Å². The molecule has 0 spiro atoms. The predicted molar refractivity (Wildman–Crippen MR) is 113 cm³/mol. The SMILES string of the molecule is CN(CC(=O)NC(C)(C)C)C(=O)C[NH+]1CCC(c2nc3ccccc3s2)CC1. The Balaban J connectivity index is 1.47. The van der Waals surface area contributed by atoms with Gasteiger partial charge in [0.05, 0.1) is 34.9 Å². The van der Waals surface area contributed by atoms with Crippen LogP contribution in [-0.4, -0.2) is 60.5 Å². The zero-order chi connectivity index (χ0) is 20.3. The highest BCUT2D eigenvalue weighted by atomic mass is 32.1. The Morgan fingerprint density at radius 2 is 1.93 bits per heavy atom. The van der Waals surface area contributed by atoms with E-state index in [-0.39, 0.29) is 23.9 Å². The summed E-state index contributed by atoms with van der Waals surface area (Å²) >= 11 is 1.80. The van der Waals surface area contributed by atoms with E-state index in [2.05, 4.69) is 23.5 Å². The number of amides is 2. The van der Waals surface area contributed by atoms with E-state index >= 15 is 0 Å². The van der Waals surface area contributed by atoms with Crippen LogP contribution in [0.1, 0.15) is 44.5 Å². The number of carbonyl (C=O) groups is 2. The van der Waals surface area contributed by atoms with E-state index in [0.29, 0.717) is 12.5 Å². The summed E-state index contributed by atoms with van der Waals surface area (Å²) in [6, 6.07) is 8.28. The summed E-state index contributed by atoms with van der Waals surface area (Å²) in [6.45, 7) is 8.30. The largest absolute Gasteiger partial charge is 0.350 e. The molecule has 28 heavy (non-hydrogen) atoms. The van der Waals surface area contributed by atoms with Gasteiger partial charge in [-0.25, -0.2) is 4.98 Å². The molecule has 2 amide bonds. The van der Waals surface area contributed by atoms with E-state index in [1.54, 1.807) is 18.4 Å². The molecule has 2 N–H and O–H groups in total. The number of aromatic nitrogens is 1. The number of rotatable bonds is 5. The first-order chi connectivity index (χ1) is 13.2. The van der Waals surface area contributed by atoms with Gasteiger partial charge < -0.3 is 15.1 Å². The summed E-state index contributed by atoms with van der Waals surface area (Å²) in [7, 11) is 1.71. The number of piperidine rings is 1. The molecule has 0 aliphatic carbocycles. The third kappa shape index (κ3) is 5.52. The first kappa shape index (κ1) is 20.7. The minimum Gasteiger partial charge on any atom is -0.350 e. The van der Waals surface area contributed by atoms with E-state index < -0.39 is 0 Å². The fourth-order valence-electron chi connectivity index (χ4n) is 3.62. The second kappa shape index (κ2) is 8.57. The van der Waals surface area contributed by atoms with Crippen LogP contribution in [0.15, 0.2) is 24.3 Å².